The number of rotatable bonds is 2. The fourth-order valence-corrected chi connectivity index (χ4v) is 2.16. The first-order chi connectivity index (χ1) is 9.61. The molecule has 4 nitrogen and oxygen atoms in total. The number of hydrogen-bond acceptors (Lipinski definition) is 3. The van der Waals surface area contributed by atoms with E-state index < -0.39 is 0 Å². The van der Waals surface area contributed by atoms with Gasteiger partial charge in [0, 0.05) is 28.2 Å². The molecule has 0 radical (unpaired) electrons. The summed E-state index contributed by atoms with van der Waals surface area (Å²) >= 11 is 5.92. The zero-order chi connectivity index (χ0) is 14.1. The average molecular weight is 287 g/mol. The van der Waals surface area contributed by atoms with Gasteiger partial charge in [0.15, 0.2) is 0 Å². The van der Waals surface area contributed by atoms with Crippen LogP contribution in [0.2, 0.25) is 5.02 Å². The lowest BCUT2D eigenvalue weighted by Crippen LogP contribution is -2.04. The van der Waals surface area contributed by atoms with E-state index in [0.29, 0.717) is 27.7 Å². The number of pyridine rings is 1. The second-order valence-electron chi connectivity index (χ2n) is 4.36. The van der Waals surface area contributed by atoms with Gasteiger partial charge in [-0.1, -0.05) is 17.7 Å². The number of H-pyrrole nitrogens is 1. The number of hydrogen-bond donors (Lipinski definition) is 2. The number of ether oxygens (including phenoxy) is 1. The van der Waals surface area contributed by atoms with Crippen molar-refractivity contribution < 1.29 is 4.74 Å². The molecule has 0 saturated carbocycles. The van der Waals surface area contributed by atoms with E-state index in [-0.39, 0.29) is 5.56 Å². The summed E-state index contributed by atoms with van der Waals surface area (Å²) in [5.74, 6) is 1.04. The van der Waals surface area contributed by atoms with Crippen LogP contribution in [-0.2, 0) is 0 Å². The molecule has 3 N–H and O–H groups in total. The SMILES string of the molecule is Nc1cccc(Oc2cc(=O)[nH]c3cc(Cl)ccc23)c1. The normalized spacial score (nSPS) is 10.7. The van der Waals surface area contributed by atoms with Gasteiger partial charge >= 0.3 is 0 Å². The third-order valence-electron chi connectivity index (χ3n) is 2.85. The Labute approximate surface area is 119 Å². The topological polar surface area (TPSA) is 68.1 Å². The molecule has 0 fully saturated rings. The average Bonchev–Trinajstić information content (AvgIpc) is 2.37. The van der Waals surface area contributed by atoms with Crippen LogP contribution in [0.5, 0.6) is 11.5 Å². The summed E-state index contributed by atoms with van der Waals surface area (Å²) < 4.78 is 5.75. The maximum absolute atomic E-state index is 11.7. The monoisotopic (exact) mass is 286 g/mol. The van der Waals surface area contributed by atoms with Crippen LogP contribution < -0.4 is 16.0 Å². The maximum Gasteiger partial charge on any atom is 0.252 e. The van der Waals surface area contributed by atoms with E-state index in [9.17, 15) is 4.79 Å². The summed E-state index contributed by atoms with van der Waals surface area (Å²) in [6.07, 6.45) is 0. The highest BCUT2D eigenvalue weighted by Crippen LogP contribution is 2.29. The quantitative estimate of drug-likeness (QED) is 0.708. The number of halogens is 1. The standard InChI is InChI=1S/C15H11ClN2O2/c16-9-4-5-12-13(6-9)18-15(19)8-14(12)20-11-3-1-2-10(17)7-11/h1-8H,17H2,(H,18,19). The van der Waals surface area contributed by atoms with Crippen LogP contribution in [0.4, 0.5) is 5.69 Å². The minimum Gasteiger partial charge on any atom is -0.456 e. The molecule has 2 aromatic carbocycles. The first kappa shape index (κ1) is 12.6. The summed E-state index contributed by atoms with van der Waals surface area (Å²) in [4.78, 5) is 14.4. The molecule has 0 bridgehead atoms. The number of nitrogens with one attached hydrogen (secondary N) is 1. The minimum atomic E-state index is -0.251. The zero-order valence-electron chi connectivity index (χ0n) is 10.4. The van der Waals surface area contributed by atoms with Crippen molar-refractivity contribution in [2.75, 3.05) is 5.73 Å². The van der Waals surface area contributed by atoms with Gasteiger partial charge in [0.1, 0.15) is 11.5 Å². The highest BCUT2D eigenvalue weighted by atomic mass is 35.5. The molecule has 0 saturated heterocycles. The second kappa shape index (κ2) is 4.90. The van der Waals surface area contributed by atoms with Crippen LogP contribution >= 0.6 is 11.6 Å². The van der Waals surface area contributed by atoms with Gasteiger partial charge in [0.25, 0.3) is 5.56 Å². The molecule has 3 aromatic rings. The van der Waals surface area contributed by atoms with Gasteiger partial charge in [-0.15, -0.1) is 0 Å². The van der Waals surface area contributed by atoms with E-state index in [2.05, 4.69) is 4.98 Å². The van der Waals surface area contributed by atoms with Crippen molar-refractivity contribution in [2.45, 2.75) is 0 Å². The molecule has 100 valence electrons. The first-order valence-corrected chi connectivity index (χ1v) is 6.35. The lowest BCUT2D eigenvalue weighted by Gasteiger charge is -2.09. The van der Waals surface area contributed by atoms with E-state index >= 15 is 0 Å². The highest BCUT2D eigenvalue weighted by Gasteiger charge is 2.06. The van der Waals surface area contributed by atoms with Crippen LogP contribution in [0, 0.1) is 0 Å². The first-order valence-electron chi connectivity index (χ1n) is 5.98. The smallest absolute Gasteiger partial charge is 0.252 e. The Hall–Kier alpha value is -2.46. The molecule has 20 heavy (non-hydrogen) atoms. The molecule has 0 unspecified atom stereocenters. The van der Waals surface area contributed by atoms with Gasteiger partial charge in [-0.3, -0.25) is 4.79 Å². The Morgan fingerprint density at radius 2 is 1.95 bits per heavy atom. The zero-order valence-corrected chi connectivity index (χ0v) is 11.1. The Morgan fingerprint density at radius 3 is 2.75 bits per heavy atom. The van der Waals surface area contributed by atoms with Crippen molar-refractivity contribution in [3.8, 4) is 11.5 Å². The molecule has 0 amide bonds. The van der Waals surface area contributed by atoms with E-state index in [0.717, 1.165) is 5.39 Å². The summed E-state index contributed by atoms with van der Waals surface area (Å²) in [7, 11) is 0. The maximum atomic E-state index is 11.7. The molecule has 0 aliphatic heterocycles. The van der Waals surface area contributed by atoms with Crippen molar-refractivity contribution in [1.82, 2.24) is 4.98 Å². The van der Waals surface area contributed by atoms with Crippen molar-refractivity contribution in [3.05, 3.63) is 63.9 Å². The molecular weight excluding hydrogens is 276 g/mol. The summed E-state index contributed by atoms with van der Waals surface area (Å²) in [6.45, 7) is 0. The van der Waals surface area contributed by atoms with Crippen molar-refractivity contribution in [2.24, 2.45) is 0 Å². The van der Waals surface area contributed by atoms with E-state index in [1.54, 1.807) is 42.5 Å². The van der Waals surface area contributed by atoms with Gasteiger partial charge in [-0.05, 0) is 30.3 Å². The molecule has 1 aromatic heterocycles. The Kier molecular flexibility index (Phi) is 3.08. The molecular formula is C15H11ClN2O2. The van der Waals surface area contributed by atoms with Crippen LogP contribution in [-0.4, -0.2) is 4.98 Å². The molecule has 5 heteroatoms. The fourth-order valence-electron chi connectivity index (χ4n) is 1.99. The summed E-state index contributed by atoms with van der Waals surface area (Å²) in [5, 5.41) is 1.32. The van der Waals surface area contributed by atoms with E-state index in [1.165, 1.54) is 6.07 Å². The third-order valence-corrected chi connectivity index (χ3v) is 3.09. The lowest BCUT2D eigenvalue weighted by molar-refractivity contribution is 0.487. The number of fused-ring (bicyclic) bond motifs is 1. The molecule has 0 aliphatic carbocycles. The number of aromatic amines is 1. The molecule has 1 heterocycles. The number of benzene rings is 2. The molecule has 0 aliphatic rings. The molecule has 0 spiro atoms. The van der Waals surface area contributed by atoms with Gasteiger partial charge in [0.2, 0.25) is 0 Å². The van der Waals surface area contributed by atoms with E-state index in [4.69, 9.17) is 22.1 Å². The fraction of sp³-hybridized carbons (Fsp3) is 0. The Balaban J connectivity index is 2.13. The van der Waals surface area contributed by atoms with Gasteiger partial charge in [0.05, 0.1) is 5.52 Å². The van der Waals surface area contributed by atoms with Crippen LogP contribution in [0.25, 0.3) is 10.9 Å². The van der Waals surface area contributed by atoms with Gasteiger partial charge in [-0.2, -0.15) is 0 Å². The van der Waals surface area contributed by atoms with Crippen LogP contribution in [0.3, 0.4) is 0 Å². The number of nitrogens with two attached hydrogens (primary N) is 1. The summed E-state index contributed by atoms with van der Waals surface area (Å²) in [6, 6.07) is 13.7. The number of aromatic nitrogens is 1. The molecule has 0 atom stereocenters. The Morgan fingerprint density at radius 1 is 1.10 bits per heavy atom. The van der Waals surface area contributed by atoms with E-state index in [1.807, 2.05) is 0 Å². The van der Waals surface area contributed by atoms with Gasteiger partial charge in [-0.25, -0.2) is 0 Å². The predicted molar refractivity (Wildman–Crippen MR) is 80.5 cm³/mol. The number of nitrogen functional groups attached to an aromatic ring is 1. The Bertz CT molecular complexity index is 843. The van der Waals surface area contributed by atoms with Crippen LogP contribution in [0.1, 0.15) is 0 Å². The van der Waals surface area contributed by atoms with Crippen LogP contribution in [0.15, 0.2) is 53.3 Å². The number of anilines is 1. The van der Waals surface area contributed by atoms with Crippen molar-refractivity contribution >= 4 is 28.2 Å². The minimum absolute atomic E-state index is 0.251. The van der Waals surface area contributed by atoms with Crippen molar-refractivity contribution in [3.63, 3.8) is 0 Å². The second-order valence-corrected chi connectivity index (χ2v) is 4.80. The summed E-state index contributed by atoms with van der Waals surface area (Å²) in [5.41, 5.74) is 6.68. The largest absolute Gasteiger partial charge is 0.456 e. The predicted octanol–water partition coefficient (Wildman–Crippen LogP) is 3.56. The highest BCUT2D eigenvalue weighted by molar-refractivity contribution is 6.31. The van der Waals surface area contributed by atoms with Gasteiger partial charge < -0.3 is 15.5 Å². The molecule has 3 rings (SSSR count). The van der Waals surface area contributed by atoms with Crippen molar-refractivity contribution in [1.29, 1.82) is 0 Å². The third kappa shape index (κ3) is 2.46. The lowest BCUT2D eigenvalue weighted by atomic mass is 10.2.